The highest BCUT2D eigenvalue weighted by atomic mass is 19.4. The van der Waals surface area contributed by atoms with Crippen LogP contribution in [-0.2, 0) is 9.59 Å². The van der Waals surface area contributed by atoms with Crippen LogP contribution in [0.5, 0.6) is 5.75 Å². The lowest BCUT2D eigenvalue weighted by atomic mass is 10.0. The molecule has 1 aromatic heterocycles. The largest absolute Gasteiger partial charge is 0.573 e. The van der Waals surface area contributed by atoms with Gasteiger partial charge in [-0.15, -0.1) is 13.2 Å². The third-order valence-corrected chi connectivity index (χ3v) is 4.21. The molecule has 0 bridgehead atoms. The van der Waals surface area contributed by atoms with Gasteiger partial charge >= 0.3 is 6.36 Å². The number of amides is 2. The second kappa shape index (κ2) is 8.55. The highest BCUT2D eigenvalue weighted by Crippen LogP contribution is 2.29. The van der Waals surface area contributed by atoms with Crippen molar-refractivity contribution in [3.8, 4) is 5.75 Å². The van der Waals surface area contributed by atoms with E-state index < -0.39 is 30.4 Å². The first-order valence-corrected chi connectivity index (χ1v) is 8.72. The van der Waals surface area contributed by atoms with Gasteiger partial charge in [0.25, 0.3) is 0 Å². The maximum Gasteiger partial charge on any atom is 0.573 e. The molecule has 30 heavy (non-hydrogen) atoms. The van der Waals surface area contributed by atoms with Gasteiger partial charge in [0.15, 0.2) is 12.2 Å². The van der Waals surface area contributed by atoms with Crippen molar-refractivity contribution in [2.75, 3.05) is 16.8 Å². The van der Waals surface area contributed by atoms with Gasteiger partial charge in [-0.25, -0.2) is 4.98 Å². The van der Waals surface area contributed by atoms with Crippen molar-refractivity contribution < 1.29 is 32.6 Å². The molecule has 0 aliphatic carbocycles. The summed E-state index contributed by atoms with van der Waals surface area (Å²) in [6.45, 7) is -0.209. The van der Waals surface area contributed by atoms with Crippen LogP contribution in [-0.4, -0.2) is 41.2 Å². The van der Waals surface area contributed by atoms with E-state index in [2.05, 4.69) is 20.4 Å². The van der Waals surface area contributed by atoms with E-state index in [-0.39, 0.29) is 18.9 Å². The Kier molecular flexibility index (Phi) is 6.08. The number of fused-ring (bicyclic) bond motifs is 1. The molecule has 2 unspecified atom stereocenters. The number of ether oxygens (including phenoxy) is 1. The Morgan fingerprint density at radius 3 is 2.67 bits per heavy atom. The number of carbonyl (C=O) groups is 2. The quantitative estimate of drug-likeness (QED) is 0.491. The molecule has 0 saturated heterocycles. The van der Waals surface area contributed by atoms with E-state index in [0.717, 1.165) is 12.1 Å². The zero-order valence-electron chi connectivity index (χ0n) is 15.4. The minimum Gasteiger partial charge on any atom is -0.406 e. The van der Waals surface area contributed by atoms with Gasteiger partial charge in [-0.1, -0.05) is 12.1 Å². The lowest BCUT2D eigenvalue weighted by molar-refractivity contribution is -0.274. The number of hydrogen-bond acceptors (Lipinski definition) is 7. The minimum absolute atomic E-state index is 0.209. The molecule has 5 N–H and O–H groups in total. The van der Waals surface area contributed by atoms with Crippen molar-refractivity contribution in [2.45, 2.75) is 25.2 Å². The van der Waals surface area contributed by atoms with Crippen LogP contribution in [0.25, 0.3) is 0 Å². The molecular formula is C18H18F3N5O4. The summed E-state index contributed by atoms with van der Waals surface area (Å²) in [5, 5.41) is 16.0. The molecule has 2 amide bonds. The molecule has 9 nitrogen and oxygen atoms in total. The fourth-order valence-corrected chi connectivity index (χ4v) is 2.99. The summed E-state index contributed by atoms with van der Waals surface area (Å²) in [6, 6.07) is 7.15. The van der Waals surface area contributed by atoms with Crippen LogP contribution in [0.2, 0.25) is 0 Å². The molecule has 2 atom stereocenters. The van der Waals surface area contributed by atoms with Gasteiger partial charge in [-0.05, 0) is 29.8 Å². The van der Waals surface area contributed by atoms with Crippen LogP contribution in [0.3, 0.4) is 0 Å². The predicted molar refractivity (Wildman–Crippen MR) is 99.0 cm³/mol. The molecule has 0 saturated carbocycles. The Balaban J connectivity index is 1.80. The number of rotatable bonds is 7. The molecule has 2 heterocycles. The van der Waals surface area contributed by atoms with Crippen LogP contribution in [0.15, 0.2) is 42.6 Å². The van der Waals surface area contributed by atoms with Crippen LogP contribution < -0.4 is 26.0 Å². The van der Waals surface area contributed by atoms with E-state index in [0.29, 0.717) is 17.1 Å². The fourth-order valence-electron chi connectivity index (χ4n) is 2.99. The van der Waals surface area contributed by atoms with Crippen molar-refractivity contribution in [1.82, 2.24) is 10.3 Å². The third kappa shape index (κ3) is 5.36. The molecule has 0 radical (unpaired) electrons. The normalized spacial score (nSPS) is 15.7. The van der Waals surface area contributed by atoms with Crippen molar-refractivity contribution in [3.05, 3.63) is 48.2 Å². The number of benzene rings is 1. The first-order chi connectivity index (χ1) is 14.1. The number of aromatic nitrogens is 1. The average Bonchev–Trinajstić information content (AvgIpc) is 2.65. The first-order valence-electron chi connectivity index (χ1n) is 8.72. The summed E-state index contributed by atoms with van der Waals surface area (Å²) in [5.41, 5.74) is 6.05. The lowest BCUT2D eigenvalue weighted by Gasteiger charge is -2.35. The number of nitrogens with zero attached hydrogens (tertiary/aromatic N) is 2. The maximum atomic E-state index is 12.3. The number of aliphatic hydroxyl groups excluding tert-OH is 1. The molecule has 1 aliphatic rings. The van der Waals surface area contributed by atoms with Gasteiger partial charge in [-0.2, -0.15) is 0 Å². The zero-order valence-corrected chi connectivity index (χ0v) is 15.4. The summed E-state index contributed by atoms with van der Waals surface area (Å²) >= 11 is 0. The molecule has 0 fully saturated rings. The highest BCUT2D eigenvalue weighted by Gasteiger charge is 2.32. The second-order valence-electron chi connectivity index (χ2n) is 6.43. The number of pyridine rings is 1. The number of carbonyl (C=O) groups excluding carboxylic acids is 2. The Labute approximate surface area is 168 Å². The van der Waals surface area contributed by atoms with Crippen molar-refractivity contribution >= 4 is 23.3 Å². The van der Waals surface area contributed by atoms with E-state index in [9.17, 15) is 27.9 Å². The van der Waals surface area contributed by atoms with E-state index in [1.807, 2.05) is 0 Å². The Morgan fingerprint density at radius 2 is 2.03 bits per heavy atom. The molecule has 1 aliphatic heterocycles. The minimum atomic E-state index is -4.84. The van der Waals surface area contributed by atoms with Gasteiger partial charge in [-0.3, -0.25) is 14.9 Å². The van der Waals surface area contributed by atoms with E-state index in [4.69, 9.17) is 5.73 Å². The number of nitrogens with one attached hydrogen (secondary N) is 2. The molecular weight excluding hydrogens is 407 g/mol. The number of nitrogens with two attached hydrogens (primary N) is 1. The summed E-state index contributed by atoms with van der Waals surface area (Å²) < 4.78 is 40.8. The second-order valence-corrected chi connectivity index (χ2v) is 6.43. The number of anilines is 2. The summed E-state index contributed by atoms with van der Waals surface area (Å²) in [4.78, 5) is 28.8. The number of primary amides is 1. The van der Waals surface area contributed by atoms with Crippen LogP contribution in [0, 0.1) is 0 Å². The van der Waals surface area contributed by atoms with Gasteiger partial charge < -0.3 is 25.8 Å². The third-order valence-electron chi connectivity index (χ3n) is 4.21. The summed E-state index contributed by atoms with van der Waals surface area (Å²) in [6.07, 6.45) is -5.06. The first kappa shape index (κ1) is 21.3. The lowest BCUT2D eigenvalue weighted by Crippen LogP contribution is -2.52. The highest BCUT2D eigenvalue weighted by molar-refractivity contribution is 6.00. The van der Waals surface area contributed by atoms with Gasteiger partial charge in [0, 0.05) is 18.7 Å². The van der Waals surface area contributed by atoms with Crippen LogP contribution >= 0.6 is 0 Å². The van der Waals surface area contributed by atoms with Crippen molar-refractivity contribution in [1.29, 1.82) is 0 Å². The number of hydrogen-bond donors (Lipinski definition) is 4. The Bertz CT molecular complexity index is 923. The SMILES string of the molecule is NC(=O)CC(NC(O)N1CC(=O)Nc2cccnc21)c1ccc(OC(F)(F)F)cc1. The predicted octanol–water partition coefficient (Wildman–Crippen LogP) is 1.22. The fraction of sp³-hybridized carbons (Fsp3) is 0.278. The van der Waals surface area contributed by atoms with Gasteiger partial charge in [0.05, 0.1) is 5.69 Å². The van der Waals surface area contributed by atoms with Crippen LogP contribution in [0.4, 0.5) is 24.7 Å². The van der Waals surface area contributed by atoms with Crippen molar-refractivity contribution in [3.63, 3.8) is 0 Å². The monoisotopic (exact) mass is 425 g/mol. The Hall–Kier alpha value is -3.38. The Morgan fingerprint density at radius 1 is 1.33 bits per heavy atom. The van der Waals surface area contributed by atoms with Gasteiger partial charge in [0.1, 0.15) is 12.3 Å². The standard InChI is InChI=1S/C18H18F3N5O4/c19-18(20,21)30-11-5-3-10(4-6-11)13(8-14(22)27)25-17(29)26-9-15(28)24-12-2-1-7-23-16(12)26/h1-7,13,17,25,29H,8-9H2,(H2,22,27)(H,24,28). The molecule has 12 heteroatoms. The van der Waals surface area contributed by atoms with Gasteiger partial charge in [0.2, 0.25) is 11.8 Å². The number of halogens is 3. The molecule has 1 aromatic carbocycles. The van der Waals surface area contributed by atoms with E-state index in [1.165, 1.54) is 23.2 Å². The maximum absolute atomic E-state index is 12.3. The smallest absolute Gasteiger partial charge is 0.406 e. The topological polar surface area (TPSA) is 130 Å². The molecule has 2 aromatic rings. The van der Waals surface area contributed by atoms with Crippen LogP contribution in [0.1, 0.15) is 18.0 Å². The molecule has 0 spiro atoms. The number of aliphatic hydroxyl groups is 1. The molecule has 3 rings (SSSR count). The van der Waals surface area contributed by atoms with E-state index in [1.54, 1.807) is 12.1 Å². The van der Waals surface area contributed by atoms with E-state index >= 15 is 0 Å². The molecule has 160 valence electrons. The summed E-state index contributed by atoms with van der Waals surface area (Å²) in [5.74, 6) is -1.21. The zero-order chi connectivity index (χ0) is 21.9. The average molecular weight is 425 g/mol. The summed E-state index contributed by atoms with van der Waals surface area (Å²) in [7, 11) is 0. The van der Waals surface area contributed by atoms with Crippen molar-refractivity contribution in [2.24, 2.45) is 5.73 Å². The number of alkyl halides is 3.